The van der Waals surface area contributed by atoms with Crippen molar-refractivity contribution in [3.63, 3.8) is 0 Å². The van der Waals surface area contributed by atoms with E-state index in [0.29, 0.717) is 13.2 Å². The Hall–Kier alpha value is -0.650. The molecule has 2 N–H and O–H groups in total. The maximum absolute atomic E-state index is 11.4. The third-order valence-electron chi connectivity index (χ3n) is 1.87. The van der Waals surface area contributed by atoms with Gasteiger partial charge in [-0.15, -0.1) is 0 Å². The number of carbonyl (C=O) groups excluding carboxylic acids is 1. The minimum absolute atomic E-state index is 0.140. The van der Waals surface area contributed by atoms with Gasteiger partial charge in [-0.25, -0.2) is 5.90 Å². The molecule has 14 heavy (non-hydrogen) atoms. The van der Waals surface area contributed by atoms with Crippen LogP contribution in [0.25, 0.3) is 0 Å². The first-order valence-corrected chi connectivity index (χ1v) is 4.54. The maximum Gasteiger partial charge on any atom is 0.309 e. The van der Waals surface area contributed by atoms with Crippen LogP contribution in [0.5, 0.6) is 0 Å². The molecule has 5 heteroatoms. The fraction of sp³-hybridized carbons (Fsp3) is 0.889. The summed E-state index contributed by atoms with van der Waals surface area (Å²) in [7, 11) is 0. The molecule has 0 atom stereocenters. The molecule has 0 aromatic carbocycles. The van der Waals surface area contributed by atoms with Crippen LogP contribution >= 0.6 is 0 Å². The first kappa shape index (κ1) is 11.4. The zero-order chi connectivity index (χ0) is 10.8. The van der Waals surface area contributed by atoms with Gasteiger partial charge in [0.05, 0.1) is 19.6 Å². The third-order valence-corrected chi connectivity index (χ3v) is 1.87. The average molecular weight is 203 g/mol. The highest BCUT2D eigenvalue weighted by molar-refractivity contribution is 5.71. The molecule has 1 fully saturated rings. The van der Waals surface area contributed by atoms with Crippen LogP contribution in [-0.2, 0) is 19.1 Å². The molecule has 0 unspecified atom stereocenters. The van der Waals surface area contributed by atoms with Crippen molar-refractivity contribution in [2.75, 3.05) is 13.2 Å². The maximum atomic E-state index is 11.4. The summed E-state index contributed by atoms with van der Waals surface area (Å²) in [5, 5.41) is 0. The van der Waals surface area contributed by atoms with Gasteiger partial charge >= 0.3 is 5.97 Å². The second kappa shape index (κ2) is 3.84. The molecule has 0 bridgehead atoms. The highest BCUT2D eigenvalue weighted by atomic mass is 16.7. The van der Waals surface area contributed by atoms with Crippen LogP contribution in [0.3, 0.4) is 0 Å². The van der Waals surface area contributed by atoms with Gasteiger partial charge in [-0.2, -0.15) is 0 Å². The van der Waals surface area contributed by atoms with Crippen molar-refractivity contribution in [2.45, 2.75) is 38.4 Å². The molecule has 82 valence electrons. The van der Waals surface area contributed by atoms with Crippen LogP contribution < -0.4 is 5.90 Å². The summed E-state index contributed by atoms with van der Waals surface area (Å²) in [6.07, 6.45) is 0.140. The van der Waals surface area contributed by atoms with E-state index in [1.54, 1.807) is 0 Å². The second-order valence-electron chi connectivity index (χ2n) is 4.56. The Morgan fingerprint density at radius 2 is 2.07 bits per heavy atom. The molecule has 1 aliphatic heterocycles. The highest BCUT2D eigenvalue weighted by Crippen LogP contribution is 2.25. The summed E-state index contributed by atoms with van der Waals surface area (Å²) in [5.41, 5.74) is -1.14. The van der Waals surface area contributed by atoms with E-state index < -0.39 is 11.2 Å². The van der Waals surface area contributed by atoms with Gasteiger partial charge in [-0.3, -0.25) is 9.63 Å². The molecule has 0 radical (unpaired) electrons. The lowest BCUT2D eigenvalue weighted by atomic mass is 9.98. The molecule has 0 aromatic heterocycles. The molecule has 0 amide bonds. The van der Waals surface area contributed by atoms with Gasteiger partial charge in [-0.05, 0) is 20.8 Å². The molecule has 1 rings (SSSR count). The Bertz CT molecular complexity index is 212. The van der Waals surface area contributed by atoms with Gasteiger partial charge in [0, 0.05) is 0 Å². The average Bonchev–Trinajstić information content (AvgIpc) is 1.93. The largest absolute Gasteiger partial charge is 0.460 e. The normalized spacial score (nSPS) is 20.0. The van der Waals surface area contributed by atoms with E-state index in [4.69, 9.17) is 20.2 Å². The molecule has 1 heterocycles. The van der Waals surface area contributed by atoms with Gasteiger partial charge in [-0.1, -0.05) is 0 Å². The highest BCUT2D eigenvalue weighted by Gasteiger charge is 2.43. The summed E-state index contributed by atoms with van der Waals surface area (Å²) >= 11 is 0. The molecule has 0 saturated carbocycles. The molecule has 5 nitrogen and oxygen atoms in total. The van der Waals surface area contributed by atoms with Gasteiger partial charge in [0.15, 0.2) is 0 Å². The molecular formula is C9H17NO4. The van der Waals surface area contributed by atoms with Crippen LogP contribution in [0.4, 0.5) is 0 Å². The quantitative estimate of drug-likeness (QED) is 0.530. The summed E-state index contributed by atoms with van der Waals surface area (Å²) in [5.74, 6) is 4.78. The fourth-order valence-electron chi connectivity index (χ4n) is 1.18. The van der Waals surface area contributed by atoms with E-state index in [-0.39, 0.29) is 12.4 Å². The van der Waals surface area contributed by atoms with Crippen molar-refractivity contribution >= 4 is 5.97 Å². The Balaban J connectivity index is 2.40. The molecule has 0 aromatic rings. The summed E-state index contributed by atoms with van der Waals surface area (Å²) in [6.45, 7) is 6.15. The predicted molar refractivity (Wildman–Crippen MR) is 49.3 cm³/mol. The fourth-order valence-corrected chi connectivity index (χ4v) is 1.18. The Kier molecular flexibility index (Phi) is 3.14. The number of esters is 1. The Morgan fingerprint density at radius 1 is 1.50 bits per heavy atom. The van der Waals surface area contributed by atoms with E-state index in [1.165, 1.54) is 0 Å². The van der Waals surface area contributed by atoms with Crippen molar-refractivity contribution in [2.24, 2.45) is 5.90 Å². The SMILES string of the molecule is CC(C)(C)OC(=O)CC1(ON)COC1. The topological polar surface area (TPSA) is 70.8 Å². The number of hydrogen-bond acceptors (Lipinski definition) is 5. The lowest BCUT2D eigenvalue weighted by Gasteiger charge is -2.38. The number of carbonyl (C=O) groups is 1. The first-order chi connectivity index (χ1) is 6.37. The molecular weight excluding hydrogens is 186 g/mol. The van der Waals surface area contributed by atoms with E-state index in [1.807, 2.05) is 20.8 Å². The van der Waals surface area contributed by atoms with E-state index in [0.717, 1.165) is 0 Å². The summed E-state index contributed by atoms with van der Waals surface area (Å²) in [4.78, 5) is 16.1. The van der Waals surface area contributed by atoms with Crippen LogP contribution in [0.15, 0.2) is 0 Å². The lowest BCUT2D eigenvalue weighted by Crippen LogP contribution is -2.55. The van der Waals surface area contributed by atoms with E-state index in [9.17, 15) is 4.79 Å². The van der Waals surface area contributed by atoms with Crippen molar-refractivity contribution in [1.82, 2.24) is 0 Å². The summed E-state index contributed by atoms with van der Waals surface area (Å²) in [6, 6.07) is 0. The molecule has 1 saturated heterocycles. The third kappa shape index (κ3) is 2.94. The van der Waals surface area contributed by atoms with Crippen LogP contribution in [-0.4, -0.2) is 30.4 Å². The van der Waals surface area contributed by atoms with E-state index in [2.05, 4.69) is 0 Å². The zero-order valence-electron chi connectivity index (χ0n) is 8.83. The Morgan fingerprint density at radius 3 is 2.36 bits per heavy atom. The van der Waals surface area contributed by atoms with Gasteiger partial charge in [0.25, 0.3) is 0 Å². The minimum atomic E-state index is -0.664. The van der Waals surface area contributed by atoms with Gasteiger partial charge in [0.1, 0.15) is 11.2 Å². The van der Waals surface area contributed by atoms with E-state index >= 15 is 0 Å². The van der Waals surface area contributed by atoms with Crippen molar-refractivity contribution < 1.29 is 19.1 Å². The molecule has 0 spiro atoms. The van der Waals surface area contributed by atoms with Gasteiger partial charge < -0.3 is 9.47 Å². The first-order valence-electron chi connectivity index (χ1n) is 4.54. The minimum Gasteiger partial charge on any atom is -0.460 e. The number of hydrogen-bond donors (Lipinski definition) is 1. The number of nitrogens with two attached hydrogens (primary N) is 1. The smallest absolute Gasteiger partial charge is 0.309 e. The Labute approximate surface area is 83.4 Å². The standard InChI is InChI=1S/C9H17NO4/c1-8(2,3)13-7(11)4-9(14-10)5-12-6-9/h4-6,10H2,1-3H3. The predicted octanol–water partition coefficient (Wildman–Crippen LogP) is 0.378. The monoisotopic (exact) mass is 203 g/mol. The molecule has 1 aliphatic rings. The van der Waals surface area contributed by atoms with Crippen molar-refractivity contribution in [1.29, 1.82) is 0 Å². The van der Waals surface area contributed by atoms with Crippen LogP contribution in [0.1, 0.15) is 27.2 Å². The zero-order valence-corrected chi connectivity index (χ0v) is 8.83. The van der Waals surface area contributed by atoms with Crippen molar-refractivity contribution in [3.05, 3.63) is 0 Å². The van der Waals surface area contributed by atoms with Crippen LogP contribution in [0, 0.1) is 0 Å². The van der Waals surface area contributed by atoms with Crippen molar-refractivity contribution in [3.8, 4) is 0 Å². The van der Waals surface area contributed by atoms with Gasteiger partial charge in [0.2, 0.25) is 0 Å². The summed E-state index contributed by atoms with van der Waals surface area (Å²) < 4.78 is 10.1. The second-order valence-corrected chi connectivity index (χ2v) is 4.56. The lowest BCUT2D eigenvalue weighted by molar-refractivity contribution is -0.222. The number of rotatable bonds is 3. The number of ether oxygens (including phenoxy) is 2. The van der Waals surface area contributed by atoms with Crippen LogP contribution in [0.2, 0.25) is 0 Å². The molecule has 0 aliphatic carbocycles.